The number of ether oxygens (including phenoxy) is 2. The highest BCUT2D eigenvalue weighted by Gasteiger charge is 2.30. The van der Waals surface area contributed by atoms with Gasteiger partial charge >= 0.3 is 5.97 Å². The predicted octanol–water partition coefficient (Wildman–Crippen LogP) is 1.07. The molecule has 1 aromatic rings. The number of benzene rings is 1. The largest absolute Gasteiger partial charge is 0.468 e. The molecule has 1 unspecified atom stereocenters. The molecule has 0 radical (unpaired) electrons. The highest BCUT2D eigenvalue weighted by Crippen LogP contribution is 2.17. The fourth-order valence-corrected chi connectivity index (χ4v) is 2.19. The third-order valence-corrected chi connectivity index (χ3v) is 3.28. The summed E-state index contributed by atoms with van der Waals surface area (Å²) in [6.07, 6.45) is 0. The van der Waals surface area contributed by atoms with E-state index in [0.717, 1.165) is 0 Å². The first-order valence-corrected chi connectivity index (χ1v) is 6.24. The van der Waals surface area contributed by atoms with Gasteiger partial charge in [0.1, 0.15) is 11.9 Å². The Balaban J connectivity index is 2.19. The van der Waals surface area contributed by atoms with Crippen LogP contribution >= 0.6 is 0 Å². The van der Waals surface area contributed by atoms with Crippen molar-refractivity contribution in [1.29, 1.82) is 5.26 Å². The van der Waals surface area contributed by atoms with E-state index in [4.69, 9.17) is 14.7 Å². The average molecular weight is 278 g/mol. The Labute approximate surface area is 116 Å². The van der Waals surface area contributed by atoms with Gasteiger partial charge in [0, 0.05) is 13.1 Å². The third kappa shape index (κ3) is 3.13. The van der Waals surface area contributed by atoms with Gasteiger partial charge in [-0.3, -0.25) is 9.69 Å². The van der Waals surface area contributed by atoms with Gasteiger partial charge in [0.15, 0.2) is 0 Å². The van der Waals surface area contributed by atoms with Crippen LogP contribution < -0.4 is 0 Å². The van der Waals surface area contributed by atoms with Crippen LogP contribution in [0, 0.1) is 17.1 Å². The van der Waals surface area contributed by atoms with E-state index in [-0.39, 0.29) is 18.1 Å². The van der Waals surface area contributed by atoms with Gasteiger partial charge in [-0.1, -0.05) is 6.07 Å². The van der Waals surface area contributed by atoms with Gasteiger partial charge < -0.3 is 9.47 Å². The molecular weight excluding hydrogens is 263 g/mol. The molecule has 106 valence electrons. The molecule has 1 heterocycles. The summed E-state index contributed by atoms with van der Waals surface area (Å²) in [6, 6.07) is 5.55. The molecule has 0 aromatic heterocycles. The summed E-state index contributed by atoms with van der Waals surface area (Å²) in [5.74, 6) is -0.817. The summed E-state index contributed by atoms with van der Waals surface area (Å²) in [7, 11) is 1.33. The van der Waals surface area contributed by atoms with Gasteiger partial charge in [-0.05, 0) is 17.7 Å². The summed E-state index contributed by atoms with van der Waals surface area (Å²) in [5.41, 5.74) is 0.963. The summed E-state index contributed by atoms with van der Waals surface area (Å²) in [6.45, 7) is 1.71. The molecule has 20 heavy (non-hydrogen) atoms. The minimum Gasteiger partial charge on any atom is -0.468 e. The van der Waals surface area contributed by atoms with E-state index < -0.39 is 11.9 Å². The molecule has 0 spiro atoms. The lowest BCUT2D eigenvalue weighted by Crippen LogP contribution is -2.49. The number of morpholine rings is 1. The monoisotopic (exact) mass is 278 g/mol. The van der Waals surface area contributed by atoms with Crippen molar-refractivity contribution in [3.05, 3.63) is 35.1 Å². The number of hydrogen-bond acceptors (Lipinski definition) is 5. The van der Waals surface area contributed by atoms with Gasteiger partial charge in [0.05, 0.1) is 32.0 Å². The zero-order valence-electron chi connectivity index (χ0n) is 11.1. The zero-order chi connectivity index (χ0) is 14.5. The van der Waals surface area contributed by atoms with Crippen LogP contribution in [0.3, 0.4) is 0 Å². The maximum absolute atomic E-state index is 13.1. The Morgan fingerprint density at radius 2 is 2.45 bits per heavy atom. The lowest BCUT2D eigenvalue weighted by molar-refractivity contribution is -0.153. The Hall–Kier alpha value is -1.97. The maximum atomic E-state index is 13.1. The Kier molecular flexibility index (Phi) is 4.66. The van der Waals surface area contributed by atoms with Crippen molar-refractivity contribution >= 4 is 5.97 Å². The predicted molar refractivity (Wildman–Crippen MR) is 68.1 cm³/mol. The quantitative estimate of drug-likeness (QED) is 0.774. The van der Waals surface area contributed by atoms with Crippen LogP contribution in [0.15, 0.2) is 18.2 Å². The standard InChI is InChI=1S/C14H15FN2O3/c1-19-14(18)13-9-20-5-4-17(13)8-10-2-3-12(15)6-11(10)7-16/h2-3,6,13H,4-5,8-9H2,1H3. The third-order valence-electron chi connectivity index (χ3n) is 3.28. The molecule has 1 aliphatic rings. The van der Waals surface area contributed by atoms with Crippen molar-refractivity contribution in [1.82, 2.24) is 4.90 Å². The maximum Gasteiger partial charge on any atom is 0.325 e. The van der Waals surface area contributed by atoms with E-state index in [9.17, 15) is 9.18 Å². The summed E-state index contributed by atoms with van der Waals surface area (Å²) >= 11 is 0. The second-order valence-corrected chi connectivity index (χ2v) is 4.50. The topological polar surface area (TPSA) is 62.6 Å². The first-order valence-electron chi connectivity index (χ1n) is 6.24. The van der Waals surface area contributed by atoms with Gasteiger partial charge in [-0.2, -0.15) is 5.26 Å². The van der Waals surface area contributed by atoms with Crippen molar-refractivity contribution in [2.24, 2.45) is 0 Å². The van der Waals surface area contributed by atoms with Crippen LogP contribution in [0.5, 0.6) is 0 Å². The number of nitriles is 1. The number of nitrogens with zero attached hydrogens (tertiary/aromatic N) is 2. The van der Waals surface area contributed by atoms with Crippen LogP contribution in [0.1, 0.15) is 11.1 Å². The van der Waals surface area contributed by atoms with Gasteiger partial charge in [0.25, 0.3) is 0 Å². The molecule has 0 amide bonds. The number of methoxy groups -OCH3 is 1. The lowest BCUT2D eigenvalue weighted by atomic mass is 10.1. The summed E-state index contributed by atoms with van der Waals surface area (Å²) < 4.78 is 23.1. The number of rotatable bonds is 3. The highest BCUT2D eigenvalue weighted by molar-refractivity contribution is 5.76. The number of hydrogen-bond donors (Lipinski definition) is 0. The minimum absolute atomic E-state index is 0.260. The molecule has 5 nitrogen and oxygen atoms in total. The highest BCUT2D eigenvalue weighted by atomic mass is 19.1. The first kappa shape index (κ1) is 14.4. The molecule has 1 saturated heterocycles. The first-order chi connectivity index (χ1) is 9.65. The van der Waals surface area contributed by atoms with Crippen molar-refractivity contribution in [3.8, 4) is 6.07 Å². The van der Waals surface area contributed by atoms with Gasteiger partial charge in [-0.15, -0.1) is 0 Å². The molecule has 1 aromatic carbocycles. The van der Waals surface area contributed by atoms with Crippen molar-refractivity contribution in [2.45, 2.75) is 12.6 Å². The van der Waals surface area contributed by atoms with E-state index in [0.29, 0.717) is 25.3 Å². The van der Waals surface area contributed by atoms with E-state index in [1.807, 2.05) is 11.0 Å². The van der Waals surface area contributed by atoms with Crippen LogP contribution in [0.25, 0.3) is 0 Å². The Bertz CT molecular complexity index is 542. The minimum atomic E-state index is -0.495. The average Bonchev–Trinajstić information content (AvgIpc) is 2.48. The number of halogens is 1. The fraction of sp³-hybridized carbons (Fsp3) is 0.429. The molecule has 0 bridgehead atoms. The molecule has 1 aliphatic heterocycles. The lowest BCUT2D eigenvalue weighted by Gasteiger charge is -2.33. The van der Waals surface area contributed by atoms with Crippen LogP contribution in [0.4, 0.5) is 4.39 Å². The fourth-order valence-electron chi connectivity index (χ4n) is 2.19. The zero-order valence-corrected chi connectivity index (χ0v) is 11.1. The summed E-state index contributed by atoms with van der Waals surface area (Å²) in [5, 5.41) is 9.04. The van der Waals surface area contributed by atoms with Crippen molar-refractivity contribution < 1.29 is 18.7 Å². The molecule has 2 rings (SSSR count). The van der Waals surface area contributed by atoms with Crippen LogP contribution in [-0.2, 0) is 20.8 Å². The van der Waals surface area contributed by atoms with Crippen LogP contribution in [0.2, 0.25) is 0 Å². The Morgan fingerprint density at radius 3 is 3.15 bits per heavy atom. The van der Waals surface area contributed by atoms with E-state index in [1.54, 1.807) is 6.07 Å². The van der Waals surface area contributed by atoms with Gasteiger partial charge in [0.2, 0.25) is 0 Å². The van der Waals surface area contributed by atoms with E-state index >= 15 is 0 Å². The van der Waals surface area contributed by atoms with E-state index in [1.165, 1.54) is 19.2 Å². The number of carbonyl (C=O) groups excluding carboxylic acids is 1. The van der Waals surface area contributed by atoms with Crippen LogP contribution in [-0.4, -0.2) is 43.8 Å². The van der Waals surface area contributed by atoms with Crippen molar-refractivity contribution in [2.75, 3.05) is 26.9 Å². The molecule has 0 N–H and O–H groups in total. The molecule has 0 saturated carbocycles. The summed E-state index contributed by atoms with van der Waals surface area (Å²) in [4.78, 5) is 13.6. The van der Waals surface area contributed by atoms with Gasteiger partial charge in [-0.25, -0.2) is 4.39 Å². The second-order valence-electron chi connectivity index (χ2n) is 4.50. The van der Waals surface area contributed by atoms with Crippen molar-refractivity contribution in [3.63, 3.8) is 0 Å². The molecule has 6 heteroatoms. The second kappa shape index (κ2) is 6.46. The number of carbonyl (C=O) groups is 1. The Morgan fingerprint density at radius 1 is 1.65 bits per heavy atom. The normalized spacial score (nSPS) is 19.4. The van der Waals surface area contributed by atoms with E-state index in [2.05, 4.69) is 0 Å². The molecule has 1 atom stereocenters. The molecule has 1 fully saturated rings. The smallest absolute Gasteiger partial charge is 0.325 e. The SMILES string of the molecule is COC(=O)C1COCCN1Cc1ccc(F)cc1C#N. The molecular formula is C14H15FN2O3. The molecule has 0 aliphatic carbocycles. The number of esters is 1.